The summed E-state index contributed by atoms with van der Waals surface area (Å²) < 4.78 is 36.4. The molecule has 15 nitrogen and oxygen atoms in total. The van der Waals surface area contributed by atoms with Crippen LogP contribution in [-0.2, 0) is 23.7 Å². The highest BCUT2D eigenvalue weighted by Crippen LogP contribution is 2.32. The molecular weight excluding hydrogens is 515 g/mol. The van der Waals surface area contributed by atoms with Crippen LogP contribution in [0, 0.1) is 0 Å². The minimum absolute atomic E-state index is 0.0990. The first-order valence-electron chi connectivity index (χ1n) is 12.7. The van der Waals surface area contributed by atoms with Crippen LogP contribution < -0.4 is 22.5 Å². The van der Waals surface area contributed by atoms with Gasteiger partial charge in [0.15, 0.2) is 18.7 Å². The van der Waals surface area contributed by atoms with Crippen LogP contribution in [0.5, 0.6) is 0 Å². The summed E-state index contributed by atoms with van der Waals surface area (Å²) >= 11 is 0. The number of halogens is 1. The van der Waals surface area contributed by atoms with E-state index in [1.54, 1.807) is 6.92 Å². The quantitative estimate of drug-likeness (QED) is 0.120. The zero-order valence-electron chi connectivity index (χ0n) is 21.0. The molecule has 16 heteroatoms. The molecule has 38 heavy (non-hydrogen) atoms. The lowest BCUT2D eigenvalue weighted by atomic mass is 9.86. The van der Waals surface area contributed by atoms with Crippen molar-refractivity contribution in [2.45, 2.75) is 118 Å². The highest BCUT2D eigenvalue weighted by Gasteiger charge is 2.51. The highest BCUT2D eigenvalue weighted by atomic mass is 19.1. The Morgan fingerprint density at radius 1 is 1.03 bits per heavy atom. The number of ether oxygens (including phenoxy) is 4. The molecule has 3 rings (SSSR count). The molecule has 0 bridgehead atoms. The highest BCUT2D eigenvalue weighted by molar-refractivity contribution is 5.81. The van der Waals surface area contributed by atoms with Crippen molar-refractivity contribution in [3.05, 3.63) is 0 Å². The molecule has 0 spiro atoms. The van der Waals surface area contributed by atoms with Crippen LogP contribution in [0.15, 0.2) is 0 Å². The van der Waals surface area contributed by atoms with Crippen LogP contribution in [0.4, 0.5) is 4.39 Å². The third kappa shape index (κ3) is 6.77. The SMILES string of the molecule is CCC1OC(OC2C(CO)OC(OC3CC(N)CC(NC(=O)C(O)C(F)CN)C3O)C2O)C(N)C(O)C1O. The molecule has 1 aliphatic carbocycles. The molecule has 0 radical (unpaired) electrons. The minimum Gasteiger partial charge on any atom is -0.394 e. The molecule has 3 fully saturated rings. The number of nitrogens with two attached hydrogens (primary N) is 3. The van der Waals surface area contributed by atoms with Crippen molar-refractivity contribution >= 4 is 5.91 Å². The second-order valence-corrected chi connectivity index (χ2v) is 10.0. The van der Waals surface area contributed by atoms with E-state index in [0.717, 1.165) is 0 Å². The number of hydrogen-bond acceptors (Lipinski definition) is 14. The molecule has 3 aliphatic rings. The van der Waals surface area contributed by atoms with Gasteiger partial charge in [-0.15, -0.1) is 0 Å². The number of rotatable bonds is 10. The van der Waals surface area contributed by atoms with Crippen molar-refractivity contribution in [1.29, 1.82) is 0 Å². The molecule has 15 unspecified atom stereocenters. The Morgan fingerprint density at radius 3 is 2.29 bits per heavy atom. The lowest BCUT2D eigenvalue weighted by Gasteiger charge is -2.42. The Morgan fingerprint density at radius 2 is 1.68 bits per heavy atom. The van der Waals surface area contributed by atoms with Crippen LogP contribution in [-0.4, -0.2) is 142 Å². The maximum absolute atomic E-state index is 13.6. The van der Waals surface area contributed by atoms with Gasteiger partial charge in [0.05, 0.1) is 30.9 Å². The second kappa shape index (κ2) is 13.5. The largest absolute Gasteiger partial charge is 0.394 e. The fourth-order valence-electron chi connectivity index (χ4n) is 4.97. The molecule has 0 aromatic heterocycles. The standard InChI is InChI=1S/C22H41FN4O11/c1-2-10-16(31)17(32)13(26)21(35-10)38-19-12(6-28)37-22(18(19)33)36-11-4-7(25)3-9(15(11)30)27-20(34)14(29)8(23)5-24/h7-19,21-22,28-33H,2-6,24-26H2,1H3,(H,27,34). The van der Waals surface area contributed by atoms with E-state index in [1.165, 1.54) is 0 Å². The summed E-state index contributed by atoms with van der Waals surface area (Å²) in [5.74, 6) is -1.08. The molecule has 222 valence electrons. The molecule has 2 saturated heterocycles. The van der Waals surface area contributed by atoms with Crippen molar-refractivity contribution in [3.8, 4) is 0 Å². The van der Waals surface area contributed by atoms with E-state index in [-0.39, 0.29) is 12.8 Å². The lowest BCUT2D eigenvalue weighted by molar-refractivity contribution is -0.282. The number of nitrogens with one attached hydrogen (secondary N) is 1. The molecular formula is C22H41FN4O11. The number of aliphatic hydroxyl groups excluding tert-OH is 6. The van der Waals surface area contributed by atoms with E-state index in [9.17, 15) is 39.8 Å². The van der Waals surface area contributed by atoms with Crippen molar-refractivity contribution in [2.24, 2.45) is 17.2 Å². The molecule has 2 aliphatic heterocycles. The number of carbonyl (C=O) groups is 1. The third-order valence-electron chi connectivity index (χ3n) is 7.27. The summed E-state index contributed by atoms with van der Waals surface area (Å²) in [5, 5.41) is 64.0. The third-order valence-corrected chi connectivity index (χ3v) is 7.27. The van der Waals surface area contributed by atoms with E-state index >= 15 is 0 Å². The van der Waals surface area contributed by atoms with Crippen LogP contribution in [0.1, 0.15) is 26.2 Å². The maximum atomic E-state index is 13.6. The lowest BCUT2D eigenvalue weighted by Crippen LogP contribution is -2.63. The van der Waals surface area contributed by atoms with Gasteiger partial charge < -0.3 is 72.1 Å². The molecule has 1 saturated carbocycles. The van der Waals surface area contributed by atoms with Gasteiger partial charge >= 0.3 is 0 Å². The van der Waals surface area contributed by atoms with Crippen molar-refractivity contribution < 1.29 is 58.8 Å². The minimum atomic E-state index is -2.03. The Labute approximate surface area is 219 Å². The monoisotopic (exact) mass is 556 g/mol. The van der Waals surface area contributed by atoms with Crippen molar-refractivity contribution in [2.75, 3.05) is 13.2 Å². The Bertz CT molecular complexity index is 773. The van der Waals surface area contributed by atoms with Gasteiger partial charge in [-0.1, -0.05) is 6.92 Å². The topological polar surface area (TPSA) is 265 Å². The predicted octanol–water partition coefficient (Wildman–Crippen LogP) is -5.36. The maximum Gasteiger partial charge on any atom is 0.252 e. The zero-order valence-corrected chi connectivity index (χ0v) is 21.0. The fraction of sp³-hybridized carbons (Fsp3) is 0.955. The molecule has 0 aromatic rings. The summed E-state index contributed by atoms with van der Waals surface area (Å²) in [7, 11) is 0. The molecule has 0 aromatic carbocycles. The van der Waals surface area contributed by atoms with Gasteiger partial charge in [-0.2, -0.15) is 0 Å². The summed E-state index contributed by atoms with van der Waals surface area (Å²) in [5.41, 5.74) is 17.1. The van der Waals surface area contributed by atoms with Gasteiger partial charge in [0.2, 0.25) is 0 Å². The van der Waals surface area contributed by atoms with Gasteiger partial charge in [-0.3, -0.25) is 4.79 Å². The van der Waals surface area contributed by atoms with Crippen molar-refractivity contribution in [1.82, 2.24) is 5.32 Å². The summed E-state index contributed by atoms with van der Waals surface area (Å²) in [6, 6.07) is -2.75. The average Bonchev–Trinajstić information content (AvgIpc) is 3.19. The van der Waals surface area contributed by atoms with Gasteiger partial charge in [0.1, 0.15) is 42.8 Å². The van der Waals surface area contributed by atoms with E-state index in [4.69, 9.17) is 36.1 Å². The first kappa shape index (κ1) is 31.4. The number of carbonyl (C=O) groups excluding carboxylic acids is 1. The van der Waals surface area contributed by atoms with Gasteiger partial charge in [-0.25, -0.2) is 4.39 Å². The molecule has 2 heterocycles. The van der Waals surface area contributed by atoms with E-state index < -0.39 is 111 Å². The molecule has 15 atom stereocenters. The smallest absolute Gasteiger partial charge is 0.252 e. The van der Waals surface area contributed by atoms with Gasteiger partial charge in [-0.05, 0) is 19.3 Å². The number of hydrogen-bond donors (Lipinski definition) is 10. The summed E-state index contributed by atoms with van der Waals surface area (Å²) in [6.07, 6.45) is -15.8. The summed E-state index contributed by atoms with van der Waals surface area (Å²) in [6.45, 7) is 0.558. The zero-order chi connectivity index (χ0) is 28.3. The van der Waals surface area contributed by atoms with Crippen LogP contribution in [0.3, 0.4) is 0 Å². The Balaban J connectivity index is 1.65. The fourth-order valence-corrected chi connectivity index (χ4v) is 4.97. The van der Waals surface area contributed by atoms with Crippen LogP contribution in [0.25, 0.3) is 0 Å². The van der Waals surface area contributed by atoms with E-state index in [0.29, 0.717) is 6.42 Å². The normalized spacial score (nSPS) is 45.5. The van der Waals surface area contributed by atoms with E-state index in [1.807, 2.05) is 0 Å². The van der Waals surface area contributed by atoms with Crippen LogP contribution in [0.2, 0.25) is 0 Å². The second-order valence-electron chi connectivity index (χ2n) is 10.0. The molecule has 1 amide bonds. The molecule has 13 N–H and O–H groups in total. The van der Waals surface area contributed by atoms with E-state index in [2.05, 4.69) is 5.32 Å². The number of amides is 1. The Kier molecular flexibility index (Phi) is 11.2. The van der Waals surface area contributed by atoms with Crippen LogP contribution >= 0.6 is 0 Å². The average molecular weight is 557 g/mol. The first-order valence-corrected chi connectivity index (χ1v) is 12.7. The number of aliphatic hydroxyl groups is 6. The number of alkyl halides is 1. The summed E-state index contributed by atoms with van der Waals surface area (Å²) in [4.78, 5) is 12.2. The predicted molar refractivity (Wildman–Crippen MR) is 126 cm³/mol. The first-order chi connectivity index (χ1) is 17.9. The van der Waals surface area contributed by atoms with Gasteiger partial charge in [0.25, 0.3) is 5.91 Å². The van der Waals surface area contributed by atoms with Gasteiger partial charge in [0, 0.05) is 12.6 Å². The Hall–Kier alpha value is -1.12. The van der Waals surface area contributed by atoms with Crippen molar-refractivity contribution in [3.63, 3.8) is 0 Å².